The van der Waals surface area contributed by atoms with Crippen molar-refractivity contribution in [2.24, 2.45) is 0 Å². The number of amides is 1. The summed E-state index contributed by atoms with van der Waals surface area (Å²) >= 11 is 0. The summed E-state index contributed by atoms with van der Waals surface area (Å²) in [5.41, 5.74) is -1.41. The first-order valence-electron chi connectivity index (χ1n) is 8.47. The Hall–Kier alpha value is -3.49. The van der Waals surface area contributed by atoms with Crippen LogP contribution in [-0.4, -0.2) is 26.5 Å². The summed E-state index contributed by atoms with van der Waals surface area (Å²) in [5.74, 6) is 0.467. The van der Waals surface area contributed by atoms with E-state index in [2.05, 4.69) is 15.3 Å². The molecule has 9 heteroatoms. The maximum atomic E-state index is 14.2. The maximum Gasteiger partial charge on any atom is 0.412 e. The number of anilines is 1. The summed E-state index contributed by atoms with van der Waals surface area (Å²) < 4.78 is 25.3. The lowest BCUT2D eigenvalue weighted by Crippen LogP contribution is -2.27. The molecule has 0 spiro atoms. The van der Waals surface area contributed by atoms with Crippen molar-refractivity contribution in [2.75, 3.05) is 5.32 Å². The number of carbonyl (C=O) groups is 1. The quantitative estimate of drug-likeness (QED) is 0.732. The minimum Gasteiger partial charge on any atom is -0.453 e. The second kappa shape index (κ2) is 7.26. The molecule has 2 aromatic heterocycles. The number of benzene rings is 1. The van der Waals surface area contributed by atoms with Gasteiger partial charge in [0.15, 0.2) is 22.7 Å². The number of nitrogens with one attached hydrogen (secondary N) is 1. The number of ether oxygens (including phenoxy) is 2. The number of aromatic nitrogens is 3. The average Bonchev–Trinajstić information content (AvgIpc) is 2.60. The Labute approximate surface area is 159 Å². The standard InChI is InChI=1S/C19H19FN4O4/c1-11-17(25)24(20)16-15(22-11)14(9-10-21-16)27-13-8-6-5-7-12(13)23-18(26)28-19(2,3)4/h5-10H,1-4H3,(H,23,26). The van der Waals surface area contributed by atoms with Crippen molar-refractivity contribution in [1.82, 2.24) is 14.8 Å². The van der Waals surface area contributed by atoms with Crippen LogP contribution in [0.2, 0.25) is 0 Å². The first kappa shape index (κ1) is 19.3. The summed E-state index contributed by atoms with van der Waals surface area (Å²) in [5, 5.41) is 2.62. The summed E-state index contributed by atoms with van der Waals surface area (Å²) in [6, 6.07) is 8.17. The molecule has 1 aromatic carbocycles. The molecule has 1 N–H and O–H groups in total. The second-order valence-electron chi connectivity index (χ2n) is 6.99. The van der Waals surface area contributed by atoms with Gasteiger partial charge in [-0.05, 0) is 39.8 Å². The van der Waals surface area contributed by atoms with Gasteiger partial charge in [-0.2, -0.15) is 0 Å². The summed E-state index contributed by atoms with van der Waals surface area (Å²) in [6.07, 6.45) is 0.656. The normalized spacial score (nSPS) is 11.3. The van der Waals surface area contributed by atoms with Crippen molar-refractivity contribution in [3.63, 3.8) is 0 Å². The van der Waals surface area contributed by atoms with Crippen molar-refractivity contribution in [3.05, 3.63) is 52.6 Å². The zero-order valence-electron chi connectivity index (χ0n) is 15.8. The monoisotopic (exact) mass is 386 g/mol. The van der Waals surface area contributed by atoms with Crippen LogP contribution in [0.25, 0.3) is 11.2 Å². The van der Waals surface area contributed by atoms with Gasteiger partial charge in [0.25, 0.3) is 0 Å². The molecular weight excluding hydrogens is 367 g/mol. The molecule has 0 aliphatic heterocycles. The van der Waals surface area contributed by atoms with Gasteiger partial charge in [-0.3, -0.25) is 10.1 Å². The van der Waals surface area contributed by atoms with E-state index in [-0.39, 0.29) is 33.1 Å². The Kier molecular flexibility index (Phi) is 5.00. The van der Waals surface area contributed by atoms with Crippen molar-refractivity contribution in [1.29, 1.82) is 0 Å². The number of rotatable bonds is 3. The minimum absolute atomic E-state index is 0.0342. The molecule has 0 aliphatic rings. The minimum atomic E-state index is -0.885. The van der Waals surface area contributed by atoms with Crippen LogP contribution < -0.4 is 15.6 Å². The van der Waals surface area contributed by atoms with Crippen molar-refractivity contribution < 1.29 is 18.7 Å². The van der Waals surface area contributed by atoms with Gasteiger partial charge in [-0.15, -0.1) is 4.79 Å². The summed E-state index contributed by atoms with van der Waals surface area (Å²) in [6.45, 7) is 6.65. The SMILES string of the molecule is Cc1nc2c(Oc3ccccc3NC(=O)OC(C)(C)C)ccnc2n(F)c1=O. The van der Waals surface area contributed by atoms with E-state index in [1.165, 1.54) is 19.2 Å². The van der Waals surface area contributed by atoms with Gasteiger partial charge in [0.2, 0.25) is 0 Å². The van der Waals surface area contributed by atoms with Gasteiger partial charge in [-0.1, -0.05) is 16.6 Å². The van der Waals surface area contributed by atoms with E-state index in [0.29, 0.717) is 5.69 Å². The zero-order valence-corrected chi connectivity index (χ0v) is 15.8. The fourth-order valence-corrected chi connectivity index (χ4v) is 2.40. The van der Waals surface area contributed by atoms with Gasteiger partial charge in [0.05, 0.1) is 5.69 Å². The first-order valence-corrected chi connectivity index (χ1v) is 8.47. The second-order valence-corrected chi connectivity index (χ2v) is 6.99. The predicted octanol–water partition coefficient (Wildman–Crippen LogP) is 3.97. The highest BCUT2D eigenvalue weighted by atomic mass is 19.2. The Morgan fingerprint density at radius 2 is 1.89 bits per heavy atom. The smallest absolute Gasteiger partial charge is 0.412 e. The van der Waals surface area contributed by atoms with Crippen LogP contribution in [0.15, 0.2) is 41.3 Å². The Morgan fingerprint density at radius 3 is 2.61 bits per heavy atom. The highest BCUT2D eigenvalue weighted by Gasteiger charge is 2.19. The van der Waals surface area contributed by atoms with Crippen LogP contribution >= 0.6 is 0 Å². The van der Waals surface area contributed by atoms with E-state index in [9.17, 15) is 14.1 Å². The van der Waals surface area contributed by atoms with Gasteiger partial charge in [0, 0.05) is 12.3 Å². The molecule has 3 aromatic rings. The molecule has 0 bridgehead atoms. The molecular formula is C19H19FN4O4. The zero-order chi connectivity index (χ0) is 20.5. The Balaban J connectivity index is 1.97. The molecule has 0 saturated heterocycles. The summed E-state index contributed by atoms with van der Waals surface area (Å²) in [4.78, 5) is 31.7. The van der Waals surface area contributed by atoms with E-state index in [4.69, 9.17) is 9.47 Å². The van der Waals surface area contributed by atoms with Crippen molar-refractivity contribution in [2.45, 2.75) is 33.3 Å². The maximum absolute atomic E-state index is 14.2. The van der Waals surface area contributed by atoms with E-state index >= 15 is 0 Å². The van der Waals surface area contributed by atoms with Crippen LogP contribution in [0, 0.1) is 6.92 Å². The van der Waals surface area contributed by atoms with Crippen molar-refractivity contribution in [3.8, 4) is 11.5 Å². The molecule has 1 amide bonds. The Bertz CT molecular complexity index is 1110. The van der Waals surface area contributed by atoms with Gasteiger partial charge in [-0.25, -0.2) is 14.8 Å². The number of para-hydroxylation sites is 2. The fraction of sp³-hybridized carbons (Fsp3) is 0.263. The first-order chi connectivity index (χ1) is 13.2. The lowest BCUT2D eigenvalue weighted by atomic mass is 10.2. The number of hydrogen-bond donors (Lipinski definition) is 1. The highest BCUT2D eigenvalue weighted by Crippen LogP contribution is 2.32. The molecule has 0 unspecified atom stereocenters. The molecule has 2 heterocycles. The Morgan fingerprint density at radius 1 is 1.18 bits per heavy atom. The van der Waals surface area contributed by atoms with Crippen LogP contribution in [0.3, 0.4) is 0 Å². The number of hydrogen-bond acceptors (Lipinski definition) is 6. The van der Waals surface area contributed by atoms with E-state index < -0.39 is 17.3 Å². The van der Waals surface area contributed by atoms with Gasteiger partial charge < -0.3 is 9.47 Å². The molecule has 0 atom stereocenters. The number of pyridine rings is 1. The topological polar surface area (TPSA) is 95.3 Å². The molecule has 0 fully saturated rings. The number of nitrogens with zero attached hydrogens (tertiary/aromatic N) is 3. The number of halogens is 1. The van der Waals surface area contributed by atoms with Crippen LogP contribution in [-0.2, 0) is 4.74 Å². The van der Waals surface area contributed by atoms with Gasteiger partial charge in [0.1, 0.15) is 11.3 Å². The van der Waals surface area contributed by atoms with Crippen LogP contribution in [0.5, 0.6) is 11.5 Å². The number of aryl methyl sites for hydroxylation is 1. The number of carbonyl (C=O) groups excluding carboxylic acids is 1. The predicted molar refractivity (Wildman–Crippen MR) is 101 cm³/mol. The lowest BCUT2D eigenvalue weighted by molar-refractivity contribution is 0.0635. The lowest BCUT2D eigenvalue weighted by Gasteiger charge is -2.20. The third kappa shape index (κ3) is 4.08. The molecule has 146 valence electrons. The fourth-order valence-electron chi connectivity index (χ4n) is 2.40. The van der Waals surface area contributed by atoms with E-state index in [1.54, 1.807) is 45.0 Å². The number of fused-ring (bicyclic) bond motifs is 1. The largest absolute Gasteiger partial charge is 0.453 e. The average molecular weight is 386 g/mol. The molecule has 8 nitrogen and oxygen atoms in total. The molecule has 0 aliphatic carbocycles. The highest BCUT2D eigenvalue weighted by molar-refractivity contribution is 5.87. The van der Waals surface area contributed by atoms with Crippen LogP contribution in [0.1, 0.15) is 26.5 Å². The summed E-state index contributed by atoms with van der Waals surface area (Å²) in [7, 11) is 0. The van der Waals surface area contributed by atoms with Crippen LogP contribution in [0.4, 0.5) is 15.0 Å². The third-order valence-corrected chi connectivity index (χ3v) is 3.56. The van der Waals surface area contributed by atoms with E-state index in [0.717, 1.165) is 0 Å². The molecule has 0 saturated carbocycles. The van der Waals surface area contributed by atoms with Gasteiger partial charge >= 0.3 is 11.7 Å². The third-order valence-electron chi connectivity index (χ3n) is 3.56. The molecule has 0 radical (unpaired) electrons. The molecule has 28 heavy (non-hydrogen) atoms. The van der Waals surface area contributed by atoms with E-state index in [1.807, 2.05) is 0 Å². The van der Waals surface area contributed by atoms with Crippen molar-refractivity contribution >= 4 is 22.9 Å². The molecule has 3 rings (SSSR count).